The molecule has 0 aliphatic heterocycles. The van der Waals surface area contributed by atoms with Crippen LogP contribution in [0.3, 0.4) is 0 Å². The molecule has 3 nitrogen and oxygen atoms in total. The molecule has 0 bridgehead atoms. The first kappa shape index (κ1) is 11.8. The summed E-state index contributed by atoms with van der Waals surface area (Å²) in [6.45, 7) is 2.12. The van der Waals surface area contributed by atoms with Crippen molar-refractivity contribution in [2.45, 2.75) is 11.8 Å². The molecule has 2 aromatic rings. The van der Waals surface area contributed by atoms with E-state index < -0.39 is 0 Å². The minimum atomic E-state index is 0.405. The molecule has 2 rings (SSSR count). The van der Waals surface area contributed by atoms with Gasteiger partial charge in [-0.2, -0.15) is 0 Å². The van der Waals surface area contributed by atoms with Crippen molar-refractivity contribution in [3.05, 3.63) is 42.2 Å². The van der Waals surface area contributed by atoms with Crippen molar-refractivity contribution in [1.82, 2.24) is 9.97 Å². The maximum absolute atomic E-state index is 10.6. The van der Waals surface area contributed by atoms with Gasteiger partial charge in [0.2, 0.25) is 0 Å². The number of carbonyl (C=O) groups excluding carboxylic acids is 1. The number of nitrogens with zero attached hydrogens (tertiary/aromatic N) is 2. The topological polar surface area (TPSA) is 42.9 Å². The van der Waals surface area contributed by atoms with Crippen molar-refractivity contribution in [2.24, 2.45) is 0 Å². The smallest absolute Gasteiger partial charge is 0.168 e. The lowest BCUT2D eigenvalue weighted by Crippen LogP contribution is -1.93. The summed E-state index contributed by atoms with van der Waals surface area (Å²) in [7, 11) is 0. The number of thioether (sulfide) groups is 1. The van der Waals surface area contributed by atoms with Crippen molar-refractivity contribution in [1.29, 1.82) is 0 Å². The Balaban J connectivity index is 2.29. The van der Waals surface area contributed by atoms with Crippen molar-refractivity contribution in [3.8, 4) is 11.4 Å². The lowest BCUT2D eigenvalue weighted by molar-refractivity contribution is 0.111. The van der Waals surface area contributed by atoms with E-state index in [4.69, 9.17) is 0 Å². The van der Waals surface area contributed by atoms with Crippen molar-refractivity contribution in [3.63, 3.8) is 0 Å². The molecule has 0 saturated heterocycles. The van der Waals surface area contributed by atoms with Gasteiger partial charge in [-0.15, -0.1) is 11.8 Å². The molecule has 0 amide bonds. The van der Waals surface area contributed by atoms with Crippen molar-refractivity contribution in [2.75, 3.05) is 5.75 Å². The van der Waals surface area contributed by atoms with E-state index in [1.165, 1.54) is 4.90 Å². The van der Waals surface area contributed by atoms with E-state index in [0.29, 0.717) is 11.5 Å². The minimum Gasteiger partial charge on any atom is -0.296 e. The molecular formula is C13H12N2OS. The standard InChI is InChI=1S/C13H12N2OS/c1-2-17-12-5-3-10(4-6-12)13-14-8-7-11(9-16)15-13/h3-9H,2H2,1H3. The number of hydrogen-bond acceptors (Lipinski definition) is 4. The second-order valence-corrected chi connectivity index (χ2v) is 4.72. The number of aldehydes is 1. The summed E-state index contributed by atoms with van der Waals surface area (Å²) in [5.74, 6) is 1.64. The van der Waals surface area contributed by atoms with Crippen LogP contribution in [0.25, 0.3) is 11.4 Å². The van der Waals surface area contributed by atoms with Crippen LogP contribution in [0.4, 0.5) is 0 Å². The Morgan fingerprint density at radius 2 is 2.00 bits per heavy atom. The van der Waals surface area contributed by atoms with E-state index in [0.717, 1.165) is 17.6 Å². The fraction of sp³-hybridized carbons (Fsp3) is 0.154. The largest absolute Gasteiger partial charge is 0.296 e. The van der Waals surface area contributed by atoms with Crippen LogP contribution in [-0.2, 0) is 0 Å². The van der Waals surface area contributed by atoms with Crippen molar-refractivity contribution < 1.29 is 4.79 Å². The molecule has 1 aromatic carbocycles. The second-order valence-electron chi connectivity index (χ2n) is 3.38. The van der Waals surface area contributed by atoms with Gasteiger partial charge in [-0.05, 0) is 24.0 Å². The summed E-state index contributed by atoms with van der Waals surface area (Å²) in [6.07, 6.45) is 2.33. The average Bonchev–Trinajstić information content (AvgIpc) is 2.40. The van der Waals surface area contributed by atoms with Gasteiger partial charge in [0.15, 0.2) is 12.1 Å². The van der Waals surface area contributed by atoms with Crippen LogP contribution in [-0.4, -0.2) is 22.0 Å². The molecule has 1 aromatic heterocycles. The fourth-order valence-electron chi connectivity index (χ4n) is 1.44. The normalized spacial score (nSPS) is 10.2. The maximum Gasteiger partial charge on any atom is 0.168 e. The molecule has 4 heteroatoms. The third-order valence-electron chi connectivity index (χ3n) is 2.22. The van der Waals surface area contributed by atoms with Crippen LogP contribution in [0.15, 0.2) is 41.4 Å². The SMILES string of the molecule is CCSc1ccc(-c2nccc(C=O)n2)cc1. The number of aromatic nitrogens is 2. The van der Waals surface area contributed by atoms with Crippen LogP contribution >= 0.6 is 11.8 Å². The molecule has 0 unspecified atom stereocenters. The van der Waals surface area contributed by atoms with E-state index in [-0.39, 0.29) is 0 Å². The van der Waals surface area contributed by atoms with E-state index in [1.54, 1.807) is 24.0 Å². The quantitative estimate of drug-likeness (QED) is 0.612. The second kappa shape index (κ2) is 5.59. The van der Waals surface area contributed by atoms with Gasteiger partial charge in [0.25, 0.3) is 0 Å². The minimum absolute atomic E-state index is 0.405. The molecule has 0 aliphatic carbocycles. The Bertz CT molecular complexity index is 511. The first-order valence-electron chi connectivity index (χ1n) is 5.35. The lowest BCUT2D eigenvalue weighted by atomic mass is 10.2. The molecule has 0 fully saturated rings. The number of carbonyl (C=O) groups is 1. The first-order chi connectivity index (χ1) is 8.33. The van der Waals surface area contributed by atoms with Gasteiger partial charge in [0.1, 0.15) is 5.69 Å². The monoisotopic (exact) mass is 244 g/mol. The molecular weight excluding hydrogens is 232 g/mol. The van der Waals surface area contributed by atoms with Gasteiger partial charge < -0.3 is 0 Å². The van der Waals surface area contributed by atoms with Gasteiger partial charge in [-0.3, -0.25) is 4.79 Å². The predicted octanol–water partition coefficient (Wildman–Crippen LogP) is 3.07. The molecule has 0 N–H and O–H groups in total. The molecule has 0 saturated carbocycles. The number of hydrogen-bond donors (Lipinski definition) is 0. The molecule has 0 spiro atoms. The Labute approximate surface area is 104 Å². The molecule has 0 aliphatic rings. The van der Waals surface area contributed by atoms with E-state index in [1.807, 2.05) is 24.3 Å². The average molecular weight is 244 g/mol. The predicted molar refractivity (Wildman–Crippen MR) is 69.3 cm³/mol. The first-order valence-corrected chi connectivity index (χ1v) is 6.33. The van der Waals surface area contributed by atoms with Crippen LogP contribution in [0, 0.1) is 0 Å². The van der Waals surface area contributed by atoms with E-state index in [2.05, 4.69) is 16.9 Å². The fourth-order valence-corrected chi connectivity index (χ4v) is 2.11. The summed E-state index contributed by atoms with van der Waals surface area (Å²) < 4.78 is 0. The summed E-state index contributed by atoms with van der Waals surface area (Å²) in [4.78, 5) is 20.2. The lowest BCUT2D eigenvalue weighted by Gasteiger charge is -2.02. The molecule has 0 radical (unpaired) electrons. The zero-order valence-electron chi connectivity index (χ0n) is 9.46. The molecule has 1 heterocycles. The Morgan fingerprint density at radius 3 is 2.65 bits per heavy atom. The van der Waals surface area contributed by atoms with Crippen LogP contribution in [0.2, 0.25) is 0 Å². The Hall–Kier alpha value is -1.68. The maximum atomic E-state index is 10.6. The van der Waals surface area contributed by atoms with Crippen molar-refractivity contribution >= 4 is 18.0 Å². The highest BCUT2D eigenvalue weighted by Crippen LogP contribution is 2.21. The number of rotatable bonds is 4. The van der Waals surface area contributed by atoms with Crippen LogP contribution in [0.1, 0.15) is 17.4 Å². The molecule has 17 heavy (non-hydrogen) atoms. The van der Waals surface area contributed by atoms with E-state index >= 15 is 0 Å². The van der Waals surface area contributed by atoms with Gasteiger partial charge in [0, 0.05) is 16.7 Å². The summed E-state index contributed by atoms with van der Waals surface area (Å²) >= 11 is 1.79. The Kier molecular flexibility index (Phi) is 3.88. The van der Waals surface area contributed by atoms with E-state index in [9.17, 15) is 4.79 Å². The third kappa shape index (κ3) is 2.91. The zero-order valence-corrected chi connectivity index (χ0v) is 10.3. The third-order valence-corrected chi connectivity index (χ3v) is 3.12. The summed E-state index contributed by atoms with van der Waals surface area (Å²) in [5, 5.41) is 0. The molecule has 86 valence electrons. The van der Waals surface area contributed by atoms with Gasteiger partial charge in [0.05, 0.1) is 0 Å². The van der Waals surface area contributed by atoms with Crippen LogP contribution < -0.4 is 0 Å². The molecule has 0 atom stereocenters. The number of benzene rings is 1. The Morgan fingerprint density at radius 1 is 1.24 bits per heavy atom. The summed E-state index contributed by atoms with van der Waals surface area (Å²) in [5.41, 5.74) is 1.33. The van der Waals surface area contributed by atoms with Gasteiger partial charge >= 0.3 is 0 Å². The van der Waals surface area contributed by atoms with Crippen LogP contribution in [0.5, 0.6) is 0 Å². The highest BCUT2D eigenvalue weighted by atomic mass is 32.2. The van der Waals surface area contributed by atoms with Gasteiger partial charge in [-0.25, -0.2) is 9.97 Å². The van der Waals surface area contributed by atoms with Gasteiger partial charge in [-0.1, -0.05) is 19.1 Å². The summed E-state index contributed by atoms with van der Waals surface area (Å²) in [6, 6.07) is 9.63. The highest BCUT2D eigenvalue weighted by Gasteiger charge is 2.02. The highest BCUT2D eigenvalue weighted by molar-refractivity contribution is 7.99. The zero-order chi connectivity index (χ0) is 12.1.